The predicted octanol–water partition coefficient (Wildman–Crippen LogP) is 5.89. The van der Waals surface area contributed by atoms with Crippen molar-refractivity contribution in [2.45, 2.75) is 58.5 Å². The van der Waals surface area contributed by atoms with E-state index in [1.165, 1.54) is 36.8 Å². The number of rotatable bonds is 11. The third-order valence-corrected chi connectivity index (χ3v) is 4.35. The molecule has 0 spiro atoms. The summed E-state index contributed by atoms with van der Waals surface area (Å²) in [6.45, 7) is 6.13. The molecular weight excluding hydrogens is 294 g/mol. The van der Waals surface area contributed by atoms with E-state index in [0.29, 0.717) is 0 Å². The first kappa shape index (κ1) is 18.5. The molecule has 0 heterocycles. The molecule has 0 fully saturated rings. The Bertz CT molecular complexity index is 567. The van der Waals surface area contributed by atoms with Crippen molar-refractivity contribution in [3.8, 4) is 5.75 Å². The lowest BCUT2D eigenvalue weighted by Crippen LogP contribution is -2.19. The number of ether oxygens (including phenoxy) is 1. The van der Waals surface area contributed by atoms with Gasteiger partial charge in [0, 0.05) is 18.2 Å². The average Bonchev–Trinajstić information content (AvgIpc) is 2.64. The van der Waals surface area contributed by atoms with Crippen molar-refractivity contribution in [1.82, 2.24) is 5.32 Å². The van der Waals surface area contributed by atoms with Gasteiger partial charge in [-0.1, -0.05) is 81.1 Å². The Hall–Kier alpha value is -1.80. The molecule has 2 heteroatoms. The molecule has 0 bridgehead atoms. The number of hydrogen-bond donors (Lipinski definition) is 1. The summed E-state index contributed by atoms with van der Waals surface area (Å²) in [5, 5.41) is 3.59. The van der Waals surface area contributed by atoms with Crippen molar-refractivity contribution < 1.29 is 4.74 Å². The van der Waals surface area contributed by atoms with E-state index in [1.54, 1.807) is 0 Å². The van der Waals surface area contributed by atoms with Crippen LogP contribution in [0.1, 0.15) is 63.1 Å². The number of nitrogens with one attached hydrogen (secondary N) is 1. The van der Waals surface area contributed by atoms with Gasteiger partial charge in [-0.3, -0.25) is 0 Å². The maximum absolute atomic E-state index is 6.05. The van der Waals surface area contributed by atoms with Gasteiger partial charge in [-0.25, -0.2) is 0 Å². The largest absolute Gasteiger partial charge is 0.493 e. The second-order valence-corrected chi connectivity index (χ2v) is 6.39. The zero-order valence-corrected chi connectivity index (χ0v) is 15.1. The molecule has 0 aromatic heterocycles. The van der Waals surface area contributed by atoms with Gasteiger partial charge in [0.2, 0.25) is 0 Å². The van der Waals surface area contributed by atoms with Gasteiger partial charge in [-0.05, 0) is 25.0 Å². The van der Waals surface area contributed by atoms with E-state index in [1.807, 2.05) is 0 Å². The molecule has 1 N–H and O–H groups in total. The minimum absolute atomic E-state index is 0.265. The molecule has 2 nitrogen and oxygen atoms in total. The van der Waals surface area contributed by atoms with Crippen LogP contribution in [0.3, 0.4) is 0 Å². The van der Waals surface area contributed by atoms with Gasteiger partial charge in [0.1, 0.15) is 5.75 Å². The van der Waals surface area contributed by atoms with E-state index in [-0.39, 0.29) is 6.04 Å². The number of unbranched alkanes of at least 4 members (excludes halogenated alkanes) is 4. The van der Waals surface area contributed by atoms with Gasteiger partial charge in [-0.15, -0.1) is 0 Å². The van der Waals surface area contributed by atoms with E-state index in [9.17, 15) is 0 Å². The number of benzene rings is 2. The highest BCUT2D eigenvalue weighted by Gasteiger charge is 2.10. The molecule has 2 rings (SSSR count). The molecule has 1 atom stereocenters. The highest BCUT2D eigenvalue weighted by molar-refractivity contribution is 5.35. The summed E-state index contributed by atoms with van der Waals surface area (Å²) in [7, 11) is 0. The minimum Gasteiger partial charge on any atom is -0.493 e. The van der Waals surface area contributed by atoms with Crippen LogP contribution < -0.4 is 10.1 Å². The Morgan fingerprint density at radius 3 is 2.38 bits per heavy atom. The maximum atomic E-state index is 6.05. The van der Waals surface area contributed by atoms with Crippen LogP contribution in [0, 0.1) is 0 Å². The molecular formula is C22H31NO. The van der Waals surface area contributed by atoms with Crippen molar-refractivity contribution in [2.75, 3.05) is 6.61 Å². The summed E-state index contributed by atoms with van der Waals surface area (Å²) in [4.78, 5) is 0. The van der Waals surface area contributed by atoms with Gasteiger partial charge >= 0.3 is 0 Å². The molecule has 0 aliphatic rings. The minimum atomic E-state index is 0.265. The average molecular weight is 325 g/mol. The number of hydrogen-bond acceptors (Lipinski definition) is 2. The van der Waals surface area contributed by atoms with Gasteiger partial charge in [0.05, 0.1) is 6.61 Å². The first-order valence-electron chi connectivity index (χ1n) is 9.30. The Morgan fingerprint density at radius 2 is 1.58 bits per heavy atom. The number of para-hydroxylation sites is 1. The van der Waals surface area contributed by atoms with Crippen molar-refractivity contribution >= 4 is 0 Å². The molecule has 24 heavy (non-hydrogen) atoms. The monoisotopic (exact) mass is 325 g/mol. The van der Waals surface area contributed by atoms with Crippen LogP contribution >= 0.6 is 0 Å². The molecule has 0 saturated heterocycles. The van der Waals surface area contributed by atoms with E-state index in [0.717, 1.165) is 25.3 Å². The molecule has 2 aromatic carbocycles. The van der Waals surface area contributed by atoms with Gasteiger partial charge < -0.3 is 10.1 Å². The normalized spacial score (nSPS) is 12.1. The summed E-state index contributed by atoms with van der Waals surface area (Å²) < 4.78 is 6.05. The lowest BCUT2D eigenvalue weighted by molar-refractivity contribution is 0.298. The van der Waals surface area contributed by atoms with E-state index in [2.05, 4.69) is 73.8 Å². The zero-order valence-electron chi connectivity index (χ0n) is 15.1. The summed E-state index contributed by atoms with van der Waals surface area (Å²) >= 11 is 0. The topological polar surface area (TPSA) is 21.3 Å². The third kappa shape index (κ3) is 6.37. The summed E-state index contributed by atoms with van der Waals surface area (Å²) in [5.74, 6) is 1.01. The van der Waals surface area contributed by atoms with Crippen molar-refractivity contribution in [3.05, 3.63) is 65.7 Å². The Morgan fingerprint density at radius 1 is 0.875 bits per heavy atom. The summed E-state index contributed by atoms with van der Waals surface area (Å²) in [6.07, 6.45) is 6.33. The quantitative estimate of drug-likeness (QED) is 0.520. The van der Waals surface area contributed by atoms with Crippen molar-refractivity contribution in [2.24, 2.45) is 0 Å². The first-order chi connectivity index (χ1) is 11.8. The fraction of sp³-hybridized carbons (Fsp3) is 0.455. The van der Waals surface area contributed by atoms with E-state index < -0.39 is 0 Å². The van der Waals surface area contributed by atoms with Crippen molar-refractivity contribution in [1.29, 1.82) is 0 Å². The molecule has 0 saturated carbocycles. The standard InChI is InChI=1S/C22H31NO/c1-3-4-5-6-12-17-24-22-16-11-10-15-21(22)19(2)23-18-20-13-8-7-9-14-20/h7-11,13-16,19,23H,3-6,12,17-18H2,1-2H3. The van der Waals surface area contributed by atoms with Crippen LogP contribution in [0.5, 0.6) is 5.75 Å². The molecule has 0 amide bonds. The van der Waals surface area contributed by atoms with E-state index >= 15 is 0 Å². The lowest BCUT2D eigenvalue weighted by atomic mass is 10.1. The van der Waals surface area contributed by atoms with Crippen LogP contribution in [0.2, 0.25) is 0 Å². The fourth-order valence-corrected chi connectivity index (χ4v) is 2.83. The molecule has 0 aliphatic heterocycles. The lowest BCUT2D eigenvalue weighted by Gasteiger charge is -2.18. The summed E-state index contributed by atoms with van der Waals surface area (Å²) in [5.41, 5.74) is 2.54. The SMILES string of the molecule is CCCCCCCOc1ccccc1C(C)NCc1ccccc1. The third-order valence-electron chi connectivity index (χ3n) is 4.35. The molecule has 0 radical (unpaired) electrons. The smallest absolute Gasteiger partial charge is 0.124 e. The summed E-state index contributed by atoms with van der Waals surface area (Å²) in [6, 6.07) is 19.2. The Balaban J connectivity index is 1.83. The van der Waals surface area contributed by atoms with Crippen LogP contribution in [0.15, 0.2) is 54.6 Å². The molecule has 130 valence electrons. The van der Waals surface area contributed by atoms with Gasteiger partial charge in [0.15, 0.2) is 0 Å². The molecule has 0 aliphatic carbocycles. The molecule has 2 aromatic rings. The highest BCUT2D eigenvalue weighted by atomic mass is 16.5. The Labute approximate surface area is 147 Å². The van der Waals surface area contributed by atoms with Crippen molar-refractivity contribution in [3.63, 3.8) is 0 Å². The highest BCUT2D eigenvalue weighted by Crippen LogP contribution is 2.25. The molecule has 1 unspecified atom stereocenters. The second kappa shape index (κ2) is 10.9. The van der Waals surface area contributed by atoms with Crippen LogP contribution in [-0.4, -0.2) is 6.61 Å². The fourth-order valence-electron chi connectivity index (χ4n) is 2.83. The first-order valence-corrected chi connectivity index (χ1v) is 9.30. The predicted molar refractivity (Wildman–Crippen MR) is 102 cm³/mol. The zero-order chi connectivity index (χ0) is 17.0. The van der Waals surface area contributed by atoms with Crippen LogP contribution in [0.25, 0.3) is 0 Å². The second-order valence-electron chi connectivity index (χ2n) is 6.39. The van der Waals surface area contributed by atoms with Gasteiger partial charge in [-0.2, -0.15) is 0 Å². The maximum Gasteiger partial charge on any atom is 0.124 e. The van der Waals surface area contributed by atoms with Crippen LogP contribution in [0.4, 0.5) is 0 Å². The van der Waals surface area contributed by atoms with Gasteiger partial charge in [0.25, 0.3) is 0 Å². The van der Waals surface area contributed by atoms with Crippen LogP contribution in [-0.2, 0) is 6.54 Å². The Kier molecular flexibility index (Phi) is 8.40. The van der Waals surface area contributed by atoms with E-state index in [4.69, 9.17) is 4.74 Å².